The molecule has 0 spiro atoms. The van der Waals surface area contributed by atoms with Crippen molar-refractivity contribution in [2.24, 2.45) is 0 Å². The molecule has 2 heterocycles. The van der Waals surface area contributed by atoms with Gasteiger partial charge in [-0.25, -0.2) is 18.1 Å². The molecule has 0 amide bonds. The van der Waals surface area contributed by atoms with Crippen LogP contribution in [0, 0.1) is 9.65 Å². The van der Waals surface area contributed by atoms with E-state index < -0.39 is 20.8 Å². The average Bonchev–Trinajstić information content (AvgIpc) is 3.25. The second kappa shape index (κ2) is 9.11. The summed E-state index contributed by atoms with van der Waals surface area (Å²) in [6, 6.07) is 3.93. The highest BCUT2D eigenvalue weighted by Crippen LogP contribution is 2.29. The highest BCUT2D eigenvalue weighted by molar-refractivity contribution is 14.1. The molecule has 12 heteroatoms. The van der Waals surface area contributed by atoms with E-state index in [1.54, 1.807) is 25.3 Å². The summed E-state index contributed by atoms with van der Waals surface area (Å²) in [5.74, 6) is 0.655. The van der Waals surface area contributed by atoms with E-state index in [0.29, 0.717) is 37.1 Å². The van der Waals surface area contributed by atoms with Crippen LogP contribution < -0.4 is 10.5 Å². The van der Waals surface area contributed by atoms with Gasteiger partial charge >= 0.3 is 6.08 Å². The number of halogens is 2. The number of fused-ring (bicyclic) bond motifs is 2. The molecule has 3 N–H and O–H groups in total. The summed E-state index contributed by atoms with van der Waals surface area (Å²) in [4.78, 5) is 24.3. The summed E-state index contributed by atoms with van der Waals surface area (Å²) in [5.41, 5.74) is 9.17. The van der Waals surface area contributed by atoms with E-state index in [4.69, 9.17) is 5.73 Å². The standard InChI is InChI=1S/C22H26FIN6O3S/c1-22(2,3)34(32,33)26-7-4-8-30-17(27-18-19(25)28-21(23)29-20(18)30)11-13-9-14-12(10-15(13)24)5-6-16(14)31/h9-10,26H,4-8,11H2,1-3H3,(H2,25,28,29). The zero-order valence-corrected chi connectivity index (χ0v) is 22.1. The predicted octanol–water partition coefficient (Wildman–Crippen LogP) is 2.98. The van der Waals surface area contributed by atoms with E-state index in [9.17, 15) is 17.6 Å². The fourth-order valence-corrected chi connectivity index (χ4v) is 5.45. The van der Waals surface area contributed by atoms with Gasteiger partial charge < -0.3 is 10.3 Å². The number of anilines is 1. The molecule has 1 aliphatic rings. The van der Waals surface area contributed by atoms with Crippen LogP contribution in [0.2, 0.25) is 0 Å². The maximum atomic E-state index is 14.0. The van der Waals surface area contributed by atoms with Crippen LogP contribution in [0.4, 0.5) is 10.2 Å². The number of nitrogen functional groups attached to an aromatic ring is 1. The smallest absolute Gasteiger partial charge is 0.312 e. The largest absolute Gasteiger partial charge is 0.382 e. The summed E-state index contributed by atoms with van der Waals surface area (Å²) in [6.45, 7) is 5.42. The molecule has 0 unspecified atom stereocenters. The van der Waals surface area contributed by atoms with Gasteiger partial charge in [-0.3, -0.25) is 4.79 Å². The Morgan fingerprint density at radius 1 is 1.21 bits per heavy atom. The van der Waals surface area contributed by atoms with Crippen molar-refractivity contribution in [3.8, 4) is 0 Å². The molecule has 34 heavy (non-hydrogen) atoms. The number of nitrogens with one attached hydrogen (secondary N) is 1. The van der Waals surface area contributed by atoms with Crippen molar-refractivity contribution in [2.75, 3.05) is 12.3 Å². The molecule has 3 aromatic rings. The van der Waals surface area contributed by atoms with E-state index >= 15 is 0 Å². The van der Waals surface area contributed by atoms with Crippen molar-refractivity contribution >= 4 is 55.4 Å². The predicted molar refractivity (Wildman–Crippen MR) is 136 cm³/mol. The van der Waals surface area contributed by atoms with Crippen LogP contribution in [0.3, 0.4) is 0 Å². The fourth-order valence-electron chi connectivity index (χ4n) is 3.88. The Balaban J connectivity index is 1.65. The third-order valence-corrected chi connectivity index (χ3v) is 9.07. The Labute approximate surface area is 210 Å². The van der Waals surface area contributed by atoms with Crippen LogP contribution in [-0.4, -0.2) is 45.0 Å². The summed E-state index contributed by atoms with van der Waals surface area (Å²) in [6.07, 6.45) is 1.12. The topological polar surface area (TPSA) is 133 Å². The number of carbonyl (C=O) groups excluding carboxylic acids is 1. The lowest BCUT2D eigenvalue weighted by Crippen LogP contribution is -2.39. The quantitative estimate of drug-likeness (QED) is 0.242. The van der Waals surface area contributed by atoms with Gasteiger partial charge in [-0.1, -0.05) is 0 Å². The summed E-state index contributed by atoms with van der Waals surface area (Å²) in [7, 11) is -3.48. The lowest BCUT2D eigenvalue weighted by Gasteiger charge is -2.19. The number of ketones is 1. The van der Waals surface area contributed by atoms with Crippen LogP contribution in [0.25, 0.3) is 11.2 Å². The van der Waals surface area contributed by atoms with E-state index in [2.05, 4.69) is 42.3 Å². The first-order valence-electron chi connectivity index (χ1n) is 10.9. The highest BCUT2D eigenvalue weighted by Gasteiger charge is 2.28. The zero-order chi connectivity index (χ0) is 24.8. The number of benzene rings is 1. The van der Waals surface area contributed by atoms with Crippen LogP contribution in [0.1, 0.15) is 60.9 Å². The Kier molecular flexibility index (Phi) is 6.68. The molecule has 1 aliphatic carbocycles. The van der Waals surface area contributed by atoms with E-state index in [1.807, 2.05) is 12.1 Å². The molecule has 182 valence electrons. The number of sulfonamides is 1. The number of Topliss-reactive ketones (excluding diaryl/α,β-unsaturated/α-hetero) is 1. The van der Waals surface area contributed by atoms with Crippen molar-refractivity contribution in [3.05, 3.63) is 44.3 Å². The van der Waals surface area contributed by atoms with Gasteiger partial charge in [0.15, 0.2) is 22.8 Å². The molecule has 2 aromatic heterocycles. The zero-order valence-electron chi connectivity index (χ0n) is 19.2. The Hall–Kier alpha value is -2.19. The second-order valence-corrected chi connectivity index (χ2v) is 13.0. The third-order valence-electron chi connectivity index (χ3n) is 5.87. The van der Waals surface area contributed by atoms with E-state index in [0.717, 1.165) is 26.7 Å². The molecule has 9 nitrogen and oxygen atoms in total. The van der Waals surface area contributed by atoms with E-state index in [1.165, 1.54) is 0 Å². The van der Waals surface area contributed by atoms with Crippen molar-refractivity contribution in [2.45, 2.75) is 57.7 Å². The van der Waals surface area contributed by atoms with Gasteiger partial charge in [0.2, 0.25) is 10.0 Å². The first kappa shape index (κ1) is 24.9. The van der Waals surface area contributed by atoms with E-state index in [-0.39, 0.29) is 23.8 Å². The van der Waals surface area contributed by atoms with Gasteiger partial charge in [0.1, 0.15) is 5.82 Å². The van der Waals surface area contributed by atoms with Crippen LogP contribution in [0.5, 0.6) is 0 Å². The molecule has 1 aromatic carbocycles. The maximum Gasteiger partial charge on any atom is 0.312 e. The minimum absolute atomic E-state index is 0.0604. The summed E-state index contributed by atoms with van der Waals surface area (Å²) in [5, 5.41) is 0. The van der Waals surface area contributed by atoms with Gasteiger partial charge in [0, 0.05) is 35.1 Å². The minimum Gasteiger partial charge on any atom is -0.382 e. The van der Waals surface area contributed by atoms with Gasteiger partial charge in [0.25, 0.3) is 0 Å². The summed E-state index contributed by atoms with van der Waals surface area (Å²) < 4.78 is 43.1. The lowest BCUT2D eigenvalue weighted by atomic mass is 10.0. The maximum absolute atomic E-state index is 14.0. The Morgan fingerprint density at radius 3 is 2.65 bits per heavy atom. The SMILES string of the molecule is CC(C)(C)S(=O)(=O)NCCCn1c(Cc2cc3c(cc2I)CCC3=O)nc2c(N)nc(F)nc21. The molecule has 0 saturated heterocycles. The number of nitrogens with two attached hydrogens (primary N) is 1. The van der Waals surface area contributed by atoms with Crippen molar-refractivity contribution in [1.29, 1.82) is 0 Å². The van der Waals surface area contributed by atoms with Crippen LogP contribution in [0.15, 0.2) is 12.1 Å². The van der Waals surface area contributed by atoms with Crippen molar-refractivity contribution < 1.29 is 17.6 Å². The van der Waals surface area contributed by atoms with Crippen molar-refractivity contribution in [3.63, 3.8) is 0 Å². The van der Waals surface area contributed by atoms with Gasteiger partial charge in [-0.05, 0) is 79.5 Å². The molecular formula is C22H26FIN6O3S. The lowest BCUT2D eigenvalue weighted by molar-refractivity contribution is 0.0994. The monoisotopic (exact) mass is 600 g/mol. The number of imidazole rings is 1. The number of aromatic nitrogens is 4. The third kappa shape index (κ3) is 4.80. The summed E-state index contributed by atoms with van der Waals surface area (Å²) >= 11 is 2.24. The van der Waals surface area contributed by atoms with Crippen molar-refractivity contribution in [1.82, 2.24) is 24.2 Å². The molecule has 0 saturated carbocycles. The number of rotatable bonds is 7. The molecule has 0 bridgehead atoms. The minimum atomic E-state index is -3.48. The number of carbonyl (C=O) groups is 1. The van der Waals surface area contributed by atoms with Gasteiger partial charge in [-0.2, -0.15) is 14.4 Å². The number of aryl methyl sites for hydroxylation is 2. The van der Waals surface area contributed by atoms with Crippen LogP contribution in [-0.2, 0) is 29.4 Å². The Morgan fingerprint density at radius 2 is 1.94 bits per heavy atom. The molecular weight excluding hydrogens is 574 g/mol. The molecule has 0 atom stereocenters. The number of hydrogen-bond acceptors (Lipinski definition) is 7. The number of hydrogen-bond donors (Lipinski definition) is 2. The van der Waals surface area contributed by atoms with Crippen LogP contribution >= 0.6 is 22.6 Å². The average molecular weight is 600 g/mol. The second-order valence-electron chi connectivity index (χ2n) is 9.29. The Bertz CT molecular complexity index is 1400. The molecule has 0 fully saturated rings. The normalized spacial score (nSPS) is 14.2. The van der Waals surface area contributed by atoms with Gasteiger partial charge in [-0.15, -0.1) is 0 Å². The first-order valence-corrected chi connectivity index (χ1v) is 13.5. The first-order chi connectivity index (χ1) is 15.9. The fraction of sp³-hybridized carbons (Fsp3) is 0.455. The highest BCUT2D eigenvalue weighted by atomic mass is 127. The molecule has 4 rings (SSSR count). The molecule has 0 aliphatic heterocycles. The number of nitrogens with zero attached hydrogens (tertiary/aromatic N) is 4. The molecule has 0 radical (unpaired) electrons. The van der Waals surface area contributed by atoms with Gasteiger partial charge in [0.05, 0.1) is 4.75 Å².